The van der Waals surface area contributed by atoms with Crippen molar-refractivity contribution in [1.82, 2.24) is 34.5 Å². The molecule has 1 saturated heterocycles. The number of nitrogens with one attached hydrogen (secondary N) is 1. The number of benzene rings is 1. The van der Waals surface area contributed by atoms with E-state index in [0.29, 0.717) is 53.8 Å². The van der Waals surface area contributed by atoms with Gasteiger partial charge in [0.15, 0.2) is 5.65 Å². The molecule has 11 nitrogen and oxygen atoms in total. The molecule has 4 aromatic rings. The number of carbonyl (C=O) groups is 2. The Labute approximate surface area is 256 Å². The molecule has 14 heteroatoms. The summed E-state index contributed by atoms with van der Waals surface area (Å²) in [5.74, 6) is 0.212. The number of amides is 2. The van der Waals surface area contributed by atoms with Crippen LogP contribution in [0.25, 0.3) is 22.3 Å². The Morgan fingerprint density at radius 2 is 1.78 bits per heavy atom. The monoisotopic (exact) mass is 619 g/mol. The van der Waals surface area contributed by atoms with Crippen LogP contribution in [0.3, 0.4) is 0 Å². The Kier molecular flexibility index (Phi) is 7.99. The molecule has 2 aliphatic rings. The van der Waals surface area contributed by atoms with E-state index in [1.807, 2.05) is 34.7 Å². The fourth-order valence-electron chi connectivity index (χ4n) is 6.21. The molecule has 1 aliphatic heterocycles. The van der Waals surface area contributed by atoms with Gasteiger partial charge >= 0.3 is 6.18 Å². The van der Waals surface area contributed by atoms with Crippen molar-refractivity contribution in [3.63, 3.8) is 0 Å². The summed E-state index contributed by atoms with van der Waals surface area (Å²) in [5.41, 5.74) is 7.47. The Balaban J connectivity index is 1.19. The maximum Gasteiger partial charge on any atom is 0.416 e. The van der Waals surface area contributed by atoms with Crippen LogP contribution in [0.15, 0.2) is 61.1 Å². The molecule has 4 heterocycles. The number of carbonyl (C=O) groups excluding carboxylic acids is 2. The zero-order valence-electron chi connectivity index (χ0n) is 24.7. The topological polar surface area (TPSA) is 135 Å². The van der Waals surface area contributed by atoms with E-state index in [1.165, 1.54) is 6.33 Å². The highest BCUT2D eigenvalue weighted by atomic mass is 19.4. The van der Waals surface area contributed by atoms with Crippen LogP contribution in [0.4, 0.5) is 24.8 Å². The van der Waals surface area contributed by atoms with Gasteiger partial charge in [0.05, 0.1) is 17.0 Å². The van der Waals surface area contributed by atoms with Crippen LogP contribution < -0.4 is 11.1 Å². The number of hydrogen-bond donors (Lipinski definition) is 2. The summed E-state index contributed by atoms with van der Waals surface area (Å²) < 4.78 is 41.1. The van der Waals surface area contributed by atoms with E-state index in [-0.39, 0.29) is 29.1 Å². The number of anilines is 2. The number of pyridine rings is 1. The second kappa shape index (κ2) is 11.9. The van der Waals surface area contributed by atoms with Crippen molar-refractivity contribution >= 4 is 34.5 Å². The molecule has 234 valence electrons. The zero-order chi connectivity index (χ0) is 31.9. The van der Waals surface area contributed by atoms with Gasteiger partial charge in [-0.15, -0.1) is 0 Å². The van der Waals surface area contributed by atoms with Crippen molar-refractivity contribution in [3.8, 4) is 11.3 Å². The summed E-state index contributed by atoms with van der Waals surface area (Å²) in [7, 11) is 3.91. The third-order valence-corrected chi connectivity index (χ3v) is 8.38. The molecule has 0 spiro atoms. The van der Waals surface area contributed by atoms with Crippen LogP contribution in [0.2, 0.25) is 0 Å². The highest BCUT2D eigenvalue weighted by Crippen LogP contribution is 2.45. The van der Waals surface area contributed by atoms with Crippen LogP contribution in [0.1, 0.15) is 34.8 Å². The first-order valence-electron chi connectivity index (χ1n) is 14.5. The lowest BCUT2D eigenvalue weighted by Crippen LogP contribution is -2.28. The Bertz CT molecular complexity index is 1750. The van der Waals surface area contributed by atoms with Crippen LogP contribution in [0, 0.1) is 11.8 Å². The van der Waals surface area contributed by atoms with Crippen LogP contribution >= 0.6 is 0 Å². The first-order chi connectivity index (χ1) is 21.5. The van der Waals surface area contributed by atoms with Gasteiger partial charge in [0.25, 0.3) is 5.91 Å². The maximum atomic E-state index is 13.1. The lowest BCUT2D eigenvalue weighted by molar-refractivity contribution is -0.137. The summed E-state index contributed by atoms with van der Waals surface area (Å²) in [6.45, 7) is 2.12. The number of nitrogens with zero attached hydrogens (tertiary/aromatic N) is 7. The van der Waals surface area contributed by atoms with Gasteiger partial charge in [-0.3, -0.25) is 9.59 Å². The quantitative estimate of drug-likeness (QED) is 0.293. The SMILES string of the molecule is CN(C)C/C=C/C(=O)N1CC2CC(n3nc(-c4ccc(C(=O)Nc5cc(C(F)(F)F)ccn5)cc4)c4c(N)ncnc43)CC2C1. The number of likely N-dealkylation sites (tertiary alicyclic amines) is 1. The van der Waals surface area contributed by atoms with Crippen LogP contribution in [0.5, 0.6) is 0 Å². The average Bonchev–Trinajstić information content (AvgIpc) is 3.69. The molecule has 2 fully saturated rings. The number of rotatable bonds is 7. The van der Waals surface area contributed by atoms with Crippen LogP contribution in [-0.2, 0) is 11.0 Å². The molecule has 1 saturated carbocycles. The van der Waals surface area contributed by atoms with Gasteiger partial charge in [0, 0.05) is 43.0 Å². The van der Waals surface area contributed by atoms with Gasteiger partial charge in [-0.2, -0.15) is 18.3 Å². The fraction of sp³-hybridized carbons (Fsp3) is 0.355. The minimum Gasteiger partial charge on any atom is -0.383 e. The van der Waals surface area contributed by atoms with Gasteiger partial charge in [0.1, 0.15) is 23.7 Å². The molecule has 3 aromatic heterocycles. The molecule has 3 N–H and O–H groups in total. The lowest BCUT2D eigenvalue weighted by atomic mass is 10.0. The predicted octanol–water partition coefficient (Wildman–Crippen LogP) is 4.27. The normalized spacial score (nSPS) is 20.0. The summed E-state index contributed by atoms with van der Waals surface area (Å²) in [6.07, 6.45) is 3.08. The number of hydrogen-bond acceptors (Lipinski definition) is 8. The molecular formula is C31H32F3N9O2. The Morgan fingerprint density at radius 1 is 1.07 bits per heavy atom. The predicted molar refractivity (Wildman–Crippen MR) is 162 cm³/mol. The van der Waals surface area contributed by atoms with Gasteiger partial charge in [-0.25, -0.2) is 19.6 Å². The first kappa shape index (κ1) is 30.2. The molecule has 0 bridgehead atoms. The largest absolute Gasteiger partial charge is 0.416 e. The van der Waals surface area contributed by atoms with E-state index in [9.17, 15) is 22.8 Å². The van der Waals surface area contributed by atoms with E-state index in [0.717, 1.165) is 31.2 Å². The van der Waals surface area contributed by atoms with E-state index >= 15 is 0 Å². The number of alkyl halides is 3. The van der Waals surface area contributed by atoms with Crippen molar-refractivity contribution in [1.29, 1.82) is 0 Å². The van der Waals surface area contributed by atoms with Gasteiger partial charge in [0.2, 0.25) is 5.91 Å². The number of nitrogens with two attached hydrogens (primary N) is 1. The average molecular weight is 620 g/mol. The molecule has 1 aliphatic carbocycles. The minimum absolute atomic E-state index is 0.0401. The van der Waals surface area contributed by atoms with Crippen molar-refractivity contribution in [2.45, 2.75) is 25.1 Å². The van der Waals surface area contributed by atoms with E-state index in [2.05, 4.69) is 20.3 Å². The summed E-state index contributed by atoms with van der Waals surface area (Å²) in [4.78, 5) is 41.9. The van der Waals surface area contributed by atoms with Gasteiger partial charge < -0.3 is 20.9 Å². The van der Waals surface area contributed by atoms with E-state index in [4.69, 9.17) is 10.8 Å². The molecule has 2 atom stereocenters. The molecule has 0 radical (unpaired) electrons. The van der Waals surface area contributed by atoms with Crippen molar-refractivity contribution in [2.75, 3.05) is 44.8 Å². The Morgan fingerprint density at radius 3 is 2.44 bits per heavy atom. The molecule has 2 amide bonds. The highest BCUT2D eigenvalue weighted by molar-refractivity contribution is 6.04. The summed E-state index contributed by atoms with van der Waals surface area (Å²) in [6, 6.07) is 8.20. The number of aromatic nitrogens is 5. The molecule has 2 unspecified atom stereocenters. The standard InChI is InChI=1S/C31H32F3N9O2/c1-41(2)11-3-4-25(44)42-15-20-12-23(13-21(20)16-42)43-29-26(28(35)37-17-38-29)27(40-43)18-5-7-19(8-6-18)30(45)39-24-14-22(9-10-36-24)31(32,33)34/h3-10,14,17,20-21,23H,11-13,15-16H2,1-2H3,(H2,35,37,38)(H,36,39,45)/b4-3+. The number of fused-ring (bicyclic) bond motifs is 2. The Hall–Kier alpha value is -4.85. The number of halogens is 3. The van der Waals surface area contributed by atoms with Crippen molar-refractivity contribution in [3.05, 3.63) is 72.2 Å². The second-order valence-corrected chi connectivity index (χ2v) is 11.8. The van der Waals surface area contributed by atoms with Gasteiger partial charge in [-0.1, -0.05) is 18.2 Å². The van der Waals surface area contributed by atoms with E-state index < -0.39 is 17.6 Å². The molecule has 6 rings (SSSR count). The fourth-order valence-corrected chi connectivity index (χ4v) is 6.21. The maximum absolute atomic E-state index is 13.1. The van der Waals surface area contributed by atoms with Crippen molar-refractivity contribution < 1.29 is 22.8 Å². The third kappa shape index (κ3) is 6.23. The first-order valence-corrected chi connectivity index (χ1v) is 14.5. The van der Waals surface area contributed by atoms with Crippen molar-refractivity contribution in [2.24, 2.45) is 11.8 Å². The number of likely N-dealkylation sites (N-methyl/N-ethyl adjacent to an activating group) is 1. The van der Waals surface area contributed by atoms with E-state index in [1.54, 1.807) is 30.3 Å². The van der Waals surface area contributed by atoms with Gasteiger partial charge in [-0.05, 0) is 63.0 Å². The zero-order valence-corrected chi connectivity index (χ0v) is 24.7. The second-order valence-electron chi connectivity index (χ2n) is 11.8. The highest BCUT2D eigenvalue weighted by Gasteiger charge is 2.43. The molecular weight excluding hydrogens is 587 g/mol. The van der Waals surface area contributed by atoms with Crippen LogP contribution in [-0.4, -0.2) is 80.1 Å². The molecule has 1 aromatic carbocycles. The minimum atomic E-state index is -4.55. The summed E-state index contributed by atoms with van der Waals surface area (Å²) in [5, 5.41) is 7.95. The summed E-state index contributed by atoms with van der Waals surface area (Å²) >= 11 is 0. The molecule has 45 heavy (non-hydrogen) atoms. The number of nitrogen functional groups attached to an aromatic ring is 1. The third-order valence-electron chi connectivity index (χ3n) is 8.38. The smallest absolute Gasteiger partial charge is 0.383 e. The lowest BCUT2D eigenvalue weighted by Gasteiger charge is -2.18.